The van der Waals surface area contributed by atoms with Gasteiger partial charge >= 0.3 is 17.9 Å². The summed E-state index contributed by atoms with van der Waals surface area (Å²) in [7, 11) is 0. The number of aliphatic hydroxyl groups is 10. The number of allylic oxidation sites excluding steroid dienone is 2. The van der Waals surface area contributed by atoms with Gasteiger partial charge in [-0.2, -0.15) is 0 Å². The van der Waals surface area contributed by atoms with Gasteiger partial charge in [-0.3, -0.25) is 9.59 Å². The van der Waals surface area contributed by atoms with Crippen LogP contribution in [0.5, 0.6) is 0 Å². The van der Waals surface area contributed by atoms with E-state index in [1.165, 1.54) is 20.8 Å². The molecule has 26 atom stereocenters. The molecule has 21 heteroatoms. The van der Waals surface area contributed by atoms with E-state index < -0.39 is 167 Å². The summed E-state index contributed by atoms with van der Waals surface area (Å²) in [6.07, 6.45) is -25.1. The maximum atomic E-state index is 15.2. The van der Waals surface area contributed by atoms with Crippen LogP contribution in [0, 0.1) is 50.2 Å². The van der Waals surface area contributed by atoms with Crippen LogP contribution in [-0.2, 0) is 42.8 Å². The average molecular weight is 987 g/mol. The number of rotatable bonds is 8. The van der Waals surface area contributed by atoms with E-state index in [-0.39, 0.29) is 30.6 Å². The van der Waals surface area contributed by atoms with Crippen LogP contribution in [0.15, 0.2) is 11.6 Å². The lowest BCUT2D eigenvalue weighted by Crippen LogP contribution is -2.71. The Morgan fingerprint density at radius 1 is 0.638 bits per heavy atom. The predicted molar refractivity (Wildman–Crippen MR) is 233 cm³/mol. The number of carboxylic acid groups (broad SMARTS) is 2. The van der Waals surface area contributed by atoms with E-state index in [0.29, 0.717) is 32.1 Å². The molecule has 0 unspecified atom stereocenters. The van der Waals surface area contributed by atoms with Gasteiger partial charge in [-0.25, -0.2) is 4.79 Å². The van der Waals surface area contributed by atoms with E-state index in [4.69, 9.17) is 28.4 Å². The van der Waals surface area contributed by atoms with Gasteiger partial charge in [0.15, 0.2) is 24.8 Å². The molecule has 0 spiro atoms. The van der Waals surface area contributed by atoms with Gasteiger partial charge in [-0.05, 0) is 112 Å². The van der Waals surface area contributed by atoms with Crippen molar-refractivity contribution in [2.45, 2.75) is 217 Å². The number of aliphatic hydroxyl groups excluding tert-OH is 10. The maximum absolute atomic E-state index is 15.2. The summed E-state index contributed by atoms with van der Waals surface area (Å²) in [4.78, 5) is 40.8. The fraction of sp³-hybridized carbons (Fsp3) is 0.896. The first-order valence-electron chi connectivity index (χ1n) is 24.4. The van der Waals surface area contributed by atoms with E-state index in [2.05, 4.69) is 33.8 Å². The van der Waals surface area contributed by atoms with Gasteiger partial charge in [-0.15, -0.1) is 0 Å². The van der Waals surface area contributed by atoms with E-state index in [1.54, 1.807) is 0 Å². The number of hydrogen-bond acceptors (Lipinski definition) is 19. The fourth-order valence-electron chi connectivity index (χ4n) is 15.1. The van der Waals surface area contributed by atoms with Crippen LogP contribution in [0.3, 0.4) is 0 Å². The third-order valence-corrected chi connectivity index (χ3v) is 19.3. The van der Waals surface area contributed by atoms with Crippen molar-refractivity contribution < 1.29 is 104 Å². The smallest absolute Gasteiger partial charge is 0.335 e. The highest BCUT2D eigenvalue weighted by molar-refractivity contribution is 5.80. The van der Waals surface area contributed by atoms with Crippen molar-refractivity contribution in [2.24, 2.45) is 50.2 Å². The molecule has 3 saturated heterocycles. The molecule has 69 heavy (non-hydrogen) atoms. The molecule has 8 aliphatic rings. The number of aliphatic carboxylic acids is 2. The topological polar surface area (TPSA) is 349 Å². The maximum Gasteiger partial charge on any atom is 0.335 e. The summed E-state index contributed by atoms with van der Waals surface area (Å²) in [6.45, 7) is 14.7. The standard InChI is InChI=1S/C48H74O21/c1-18-26(51)28(53)32(57)38(64-18)67-35-30(55)27(52)19(2)65-40(35)69-42(63)48-14-13-43(3,4)15-21(48)20-9-10-23-44(5)16-22(49)36(68-39-33(58)29(54)31(56)34(66-39)37(59)60)47(8,41(61)62)24(44)11-12-45(23,6)46(20,7)17-25(48)50/h9,18-19,21-36,38-40,49-58H,10-17H2,1-8H3,(H,59,60)(H,61,62)/t18-,19+,21-,22-,23+,24+,25+,26-,27+,28+,29-,30-,31-,32+,33+,34-,35+,36-,38-,39-,40-,44+,45+,46+,47-,48+/m0/s1. The Hall–Kier alpha value is -2.45. The van der Waals surface area contributed by atoms with E-state index in [1.807, 2.05) is 6.92 Å². The van der Waals surface area contributed by atoms with Crippen molar-refractivity contribution in [3.63, 3.8) is 0 Å². The summed E-state index contributed by atoms with van der Waals surface area (Å²) in [5.41, 5.74) is -5.14. The summed E-state index contributed by atoms with van der Waals surface area (Å²) < 4.78 is 35.2. The molecule has 0 aromatic carbocycles. The molecular weight excluding hydrogens is 913 g/mol. The third kappa shape index (κ3) is 7.86. The van der Waals surface area contributed by atoms with Crippen LogP contribution in [0.25, 0.3) is 0 Å². The number of carbonyl (C=O) groups is 3. The van der Waals surface area contributed by atoms with Crippen molar-refractivity contribution in [3.05, 3.63) is 11.6 Å². The minimum Gasteiger partial charge on any atom is -0.481 e. The molecule has 21 nitrogen and oxygen atoms in total. The Kier molecular flexibility index (Phi) is 13.7. The lowest BCUT2D eigenvalue weighted by molar-refractivity contribution is -0.358. The van der Waals surface area contributed by atoms with Crippen molar-refractivity contribution in [1.82, 2.24) is 0 Å². The first-order valence-corrected chi connectivity index (χ1v) is 24.4. The van der Waals surface area contributed by atoms with E-state index in [9.17, 15) is 70.9 Å². The van der Waals surface area contributed by atoms with Crippen molar-refractivity contribution in [3.8, 4) is 0 Å². The fourth-order valence-corrected chi connectivity index (χ4v) is 15.1. The quantitative estimate of drug-likeness (QED) is 0.0812. The minimum atomic E-state index is -2.02. The van der Waals surface area contributed by atoms with Gasteiger partial charge in [0.2, 0.25) is 6.29 Å². The molecule has 0 amide bonds. The predicted octanol–water partition coefficient (Wildman–Crippen LogP) is -0.706. The molecule has 5 aliphatic carbocycles. The highest BCUT2D eigenvalue weighted by Crippen LogP contribution is 2.76. The molecule has 0 radical (unpaired) electrons. The van der Waals surface area contributed by atoms with Crippen molar-refractivity contribution in [2.75, 3.05) is 0 Å². The molecular formula is C48H74O21. The molecule has 4 saturated carbocycles. The van der Waals surface area contributed by atoms with Crippen LogP contribution in [0.2, 0.25) is 0 Å². The molecule has 3 aliphatic heterocycles. The van der Waals surface area contributed by atoms with Crippen molar-refractivity contribution in [1.29, 1.82) is 0 Å². The Morgan fingerprint density at radius 3 is 1.83 bits per heavy atom. The second kappa shape index (κ2) is 17.9. The monoisotopic (exact) mass is 986 g/mol. The molecule has 0 bridgehead atoms. The summed E-state index contributed by atoms with van der Waals surface area (Å²) in [6, 6.07) is 0. The number of carboxylic acids is 2. The zero-order chi connectivity index (χ0) is 51.0. The number of hydrogen-bond donors (Lipinski definition) is 12. The van der Waals surface area contributed by atoms with E-state index in [0.717, 1.165) is 5.57 Å². The highest BCUT2D eigenvalue weighted by Gasteiger charge is 2.74. The summed E-state index contributed by atoms with van der Waals surface area (Å²) >= 11 is 0. The summed E-state index contributed by atoms with van der Waals surface area (Å²) in [5.74, 6) is -5.36. The van der Waals surface area contributed by atoms with Crippen LogP contribution in [0.4, 0.5) is 0 Å². The lowest BCUT2D eigenvalue weighted by Gasteiger charge is -2.71. The largest absolute Gasteiger partial charge is 0.481 e. The summed E-state index contributed by atoms with van der Waals surface area (Å²) in [5, 5.41) is 131. The molecule has 8 rings (SSSR count). The average Bonchev–Trinajstić information content (AvgIpc) is 3.26. The van der Waals surface area contributed by atoms with Gasteiger partial charge in [0, 0.05) is 0 Å². The number of esters is 1. The van der Waals surface area contributed by atoms with Crippen LogP contribution in [-0.4, -0.2) is 190 Å². The second-order valence-electron chi connectivity index (χ2n) is 23.5. The van der Waals surface area contributed by atoms with Gasteiger partial charge in [-0.1, -0.05) is 46.3 Å². The van der Waals surface area contributed by atoms with Gasteiger partial charge in [0.25, 0.3) is 0 Å². The minimum absolute atomic E-state index is 0.0152. The van der Waals surface area contributed by atoms with Gasteiger partial charge < -0.3 is 89.7 Å². The zero-order valence-electron chi connectivity index (χ0n) is 40.4. The number of carbonyl (C=O) groups excluding carboxylic acids is 1. The van der Waals surface area contributed by atoms with Gasteiger partial charge in [0.1, 0.15) is 60.4 Å². The van der Waals surface area contributed by atoms with Gasteiger partial charge in [0.05, 0.1) is 29.8 Å². The molecule has 392 valence electrons. The normalized spacial score (nSPS) is 54.9. The Morgan fingerprint density at radius 2 is 1.22 bits per heavy atom. The van der Waals surface area contributed by atoms with Crippen LogP contribution >= 0.6 is 0 Å². The third-order valence-electron chi connectivity index (χ3n) is 19.3. The SMILES string of the molecule is C[C@@H]1O[C@@H](O[C@H]2[C@H](OC(=O)[C@]34CCC(C)(C)C[C@H]3C3=CC[C@@H]5[C@@]6(C)C[C@H](O)[C@H](O[C@@H]7O[C@H](C(=O)O)[C@@H](O)[C@H](O)[C@H]7O)[C@@](C)(C(=O)O)[C@@H]6CC[C@@]5(C)[C@]3(C)C[C@H]4O)O[C@H](C)[C@@H](O)[C@@H]2O)[C@H](O)[C@H](O)[C@H]1O. The molecule has 0 aromatic heterocycles. The molecule has 7 fully saturated rings. The van der Waals surface area contributed by atoms with E-state index >= 15 is 4.79 Å². The second-order valence-corrected chi connectivity index (χ2v) is 23.5. The highest BCUT2D eigenvalue weighted by atomic mass is 16.8. The Bertz CT molecular complexity index is 2020. The van der Waals surface area contributed by atoms with Crippen molar-refractivity contribution >= 4 is 17.9 Å². The van der Waals surface area contributed by atoms with Crippen LogP contribution < -0.4 is 0 Å². The Labute approximate surface area is 400 Å². The lowest BCUT2D eigenvalue weighted by atomic mass is 9.33. The van der Waals surface area contributed by atoms with Crippen LogP contribution in [0.1, 0.15) is 107 Å². The molecule has 12 N–H and O–H groups in total. The first-order chi connectivity index (χ1) is 31.9. The number of fused-ring (bicyclic) bond motifs is 7. The number of ether oxygens (including phenoxy) is 6. The molecule has 0 aromatic rings. The zero-order valence-corrected chi connectivity index (χ0v) is 40.4. The first kappa shape index (κ1) is 52.9. The molecule has 3 heterocycles. The Balaban J connectivity index is 1.11.